The van der Waals surface area contributed by atoms with Crippen molar-refractivity contribution >= 4 is 21.7 Å². The molecule has 1 unspecified atom stereocenters. The fraction of sp³-hybridized carbons (Fsp3) is 0.333. The lowest BCUT2D eigenvalue weighted by molar-refractivity contribution is 0.0881. The van der Waals surface area contributed by atoms with E-state index in [4.69, 9.17) is 0 Å². The number of benzene rings is 1. The Morgan fingerprint density at radius 3 is 3.05 bits per heavy atom. The first-order valence-corrected chi connectivity index (χ1v) is 7.50. The molecule has 4 nitrogen and oxygen atoms in total. The minimum absolute atomic E-state index is 0.0310. The predicted molar refractivity (Wildman–Crippen MR) is 81.7 cm³/mol. The lowest BCUT2D eigenvalue weighted by Gasteiger charge is -2.16. The third-order valence-corrected chi connectivity index (χ3v) is 4.26. The molecule has 1 aromatic carbocycles. The van der Waals surface area contributed by atoms with E-state index in [-0.39, 0.29) is 11.8 Å². The van der Waals surface area contributed by atoms with E-state index in [1.807, 2.05) is 31.3 Å². The smallest absolute Gasteiger partial charge is 0.215 e. The Kier molecular flexibility index (Phi) is 3.72. The minimum Gasteiger partial charge on any atom is -0.335 e. The summed E-state index contributed by atoms with van der Waals surface area (Å²) in [5.41, 5.74) is 1.89. The van der Waals surface area contributed by atoms with Crippen LogP contribution in [0, 0.1) is 0 Å². The number of nitrogens with zero attached hydrogens (tertiary/aromatic N) is 2. The second-order valence-electron chi connectivity index (χ2n) is 5.16. The van der Waals surface area contributed by atoms with Crippen molar-refractivity contribution in [2.45, 2.75) is 18.9 Å². The van der Waals surface area contributed by atoms with Gasteiger partial charge in [-0.25, -0.2) is 4.98 Å². The summed E-state index contributed by atoms with van der Waals surface area (Å²) in [6.07, 6.45) is 3.72. The van der Waals surface area contributed by atoms with E-state index >= 15 is 0 Å². The van der Waals surface area contributed by atoms with Gasteiger partial charge in [0.2, 0.25) is 5.78 Å². The van der Waals surface area contributed by atoms with Crippen molar-refractivity contribution in [3.63, 3.8) is 0 Å². The fourth-order valence-corrected chi connectivity index (χ4v) is 3.05. The molecule has 0 saturated carbocycles. The van der Waals surface area contributed by atoms with Crippen LogP contribution in [0.2, 0.25) is 0 Å². The van der Waals surface area contributed by atoms with Crippen molar-refractivity contribution in [2.24, 2.45) is 0 Å². The molecule has 1 atom stereocenters. The quantitative estimate of drug-likeness (QED) is 0.878. The highest BCUT2D eigenvalue weighted by Gasteiger charge is 2.30. The normalized spacial score (nSPS) is 19.4. The van der Waals surface area contributed by atoms with E-state index in [0.29, 0.717) is 5.82 Å². The van der Waals surface area contributed by atoms with Crippen LogP contribution in [0.15, 0.2) is 34.9 Å². The number of Topliss-reactive ketones (excluding diaryl/α,β-unsaturated/α-hetero) is 1. The largest absolute Gasteiger partial charge is 0.335 e. The van der Waals surface area contributed by atoms with Gasteiger partial charge in [-0.15, -0.1) is 0 Å². The number of aromatic amines is 1. The summed E-state index contributed by atoms with van der Waals surface area (Å²) in [7, 11) is 1.99. The monoisotopic (exact) mass is 333 g/mol. The van der Waals surface area contributed by atoms with Gasteiger partial charge in [-0.05, 0) is 38.6 Å². The Bertz CT molecular complexity index is 638. The number of hydrogen-bond acceptors (Lipinski definition) is 3. The van der Waals surface area contributed by atoms with Crippen LogP contribution < -0.4 is 0 Å². The zero-order valence-electron chi connectivity index (χ0n) is 11.3. The second kappa shape index (κ2) is 5.50. The Hall–Kier alpha value is -1.46. The molecule has 0 spiro atoms. The average Bonchev–Trinajstić information content (AvgIpc) is 3.07. The number of H-pyrrole nitrogens is 1. The molecule has 0 bridgehead atoms. The first-order valence-electron chi connectivity index (χ1n) is 6.70. The van der Waals surface area contributed by atoms with Gasteiger partial charge in [-0.1, -0.05) is 28.1 Å². The predicted octanol–water partition coefficient (Wildman–Crippen LogP) is 3.12. The molecule has 104 valence electrons. The minimum atomic E-state index is -0.0310. The van der Waals surface area contributed by atoms with Gasteiger partial charge in [-0.2, -0.15) is 0 Å². The van der Waals surface area contributed by atoms with Crippen molar-refractivity contribution in [3.05, 3.63) is 40.8 Å². The molecule has 1 saturated heterocycles. The highest BCUT2D eigenvalue weighted by Crippen LogP contribution is 2.23. The summed E-state index contributed by atoms with van der Waals surface area (Å²) in [6, 6.07) is 7.90. The highest BCUT2D eigenvalue weighted by molar-refractivity contribution is 9.10. The van der Waals surface area contributed by atoms with Crippen molar-refractivity contribution in [3.8, 4) is 11.3 Å². The van der Waals surface area contributed by atoms with Crippen LogP contribution >= 0.6 is 15.9 Å². The molecule has 0 amide bonds. The van der Waals surface area contributed by atoms with Gasteiger partial charge in [0.25, 0.3) is 0 Å². The molecule has 2 heterocycles. The molecule has 3 rings (SSSR count). The first kappa shape index (κ1) is 13.5. The third kappa shape index (κ3) is 2.55. The number of rotatable bonds is 3. The maximum Gasteiger partial charge on any atom is 0.215 e. The standard InChI is InChI=1S/C15H16BrN3O/c1-19-7-3-6-13(19)14(20)15-17-9-12(18-15)10-4-2-5-11(16)8-10/h2,4-5,8-9,13H,3,6-7H2,1H3,(H,17,18). The first-order chi connectivity index (χ1) is 9.65. The number of imidazole rings is 1. The summed E-state index contributed by atoms with van der Waals surface area (Å²) < 4.78 is 1.01. The van der Waals surface area contributed by atoms with Gasteiger partial charge in [0.1, 0.15) is 0 Å². The molecular formula is C15H16BrN3O. The number of aromatic nitrogens is 2. The second-order valence-corrected chi connectivity index (χ2v) is 6.07. The molecule has 0 radical (unpaired) electrons. The zero-order chi connectivity index (χ0) is 14.1. The van der Waals surface area contributed by atoms with Crippen molar-refractivity contribution in [1.29, 1.82) is 0 Å². The van der Waals surface area contributed by atoms with Crippen LogP contribution in [-0.2, 0) is 0 Å². The average molecular weight is 334 g/mol. The Labute approximate surface area is 126 Å². The van der Waals surface area contributed by atoms with Gasteiger partial charge in [0.05, 0.1) is 17.9 Å². The third-order valence-electron chi connectivity index (χ3n) is 3.77. The van der Waals surface area contributed by atoms with E-state index in [1.165, 1.54) is 0 Å². The van der Waals surface area contributed by atoms with Crippen LogP contribution in [0.25, 0.3) is 11.3 Å². The molecule has 5 heteroatoms. The number of likely N-dealkylation sites (N-methyl/N-ethyl adjacent to an activating group) is 1. The van der Waals surface area contributed by atoms with Gasteiger partial charge in [0, 0.05) is 10.0 Å². The van der Waals surface area contributed by atoms with Crippen LogP contribution in [0.3, 0.4) is 0 Å². The van der Waals surface area contributed by atoms with E-state index in [0.717, 1.165) is 35.1 Å². The zero-order valence-corrected chi connectivity index (χ0v) is 12.9. The Morgan fingerprint density at radius 1 is 1.50 bits per heavy atom. The lowest BCUT2D eigenvalue weighted by atomic mass is 10.1. The van der Waals surface area contributed by atoms with Gasteiger partial charge in [0.15, 0.2) is 5.82 Å². The SMILES string of the molecule is CN1CCCC1C(=O)c1ncc(-c2cccc(Br)c2)[nH]1. The van der Waals surface area contributed by atoms with E-state index in [2.05, 4.69) is 30.8 Å². The van der Waals surface area contributed by atoms with Crippen molar-refractivity contribution in [2.75, 3.05) is 13.6 Å². The molecule has 1 N–H and O–H groups in total. The van der Waals surface area contributed by atoms with Crippen LogP contribution in [0.5, 0.6) is 0 Å². The number of nitrogens with one attached hydrogen (secondary N) is 1. The van der Waals surface area contributed by atoms with Gasteiger partial charge < -0.3 is 4.98 Å². The summed E-state index contributed by atoms with van der Waals surface area (Å²) >= 11 is 3.45. The fourth-order valence-electron chi connectivity index (χ4n) is 2.65. The molecule has 20 heavy (non-hydrogen) atoms. The van der Waals surface area contributed by atoms with Crippen LogP contribution in [0.1, 0.15) is 23.5 Å². The summed E-state index contributed by atoms with van der Waals surface area (Å²) in [5, 5.41) is 0. The Morgan fingerprint density at radius 2 is 2.35 bits per heavy atom. The molecule has 1 aromatic heterocycles. The van der Waals surface area contributed by atoms with Gasteiger partial charge in [-0.3, -0.25) is 9.69 Å². The number of hydrogen-bond donors (Lipinski definition) is 1. The lowest BCUT2D eigenvalue weighted by Crippen LogP contribution is -2.33. The molecule has 0 aliphatic carbocycles. The molecule has 1 fully saturated rings. The number of ketones is 1. The van der Waals surface area contributed by atoms with E-state index in [1.54, 1.807) is 6.20 Å². The maximum absolute atomic E-state index is 12.4. The van der Waals surface area contributed by atoms with Crippen LogP contribution in [-0.4, -0.2) is 40.3 Å². The molecular weight excluding hydrogens is 318 g/mol. The number of halogens is 1. The van der Waals surface area contributed by atoms with E-state index in [9.17, 15) is 4.79 Å². The topological polar surface area (TPSA) is 49.0 Å². The molecule has 1 aliphatic rings. The molecule has 1 aliphatic heterocycles. The van der Waals surface area contributed by atoms with Gasteiger partial charge >= 0.3 is 0 Å². The highest BCUT2D eigenvalue weighted by atomic mass is 79.9. The maximum atomic E-state index is 12.4. The van der Waals surface area contributed by atoms with Crippen molar-refractivity contribution < 1.29 is 4.79 Å². The summed E-state index contributed by atoms with van der Waals surface area (Å²) in [6.45, 7) is 0.982. The molecule has 2 aromatic rings. The number of carbonyl (C=O) groups excluding carboxylic acids is 1. The summed E-state index contributed by atoms with van der Waals surface area (Å²) in [4.78, 5) is 21.9. The van der Waals surface area contributed by atoms with E-state index < -0.39 is 0 Å². The van der Waals surface area contributed by atoms with Crippen LogP contribution in [0.4, 0.5) is 0 Å². The summed E-state index contributed by atoms with van der Waals surface area (Å²) in [5.74, 6) is 0.546. The number of likely N-dealkylation sites (tertiary alicyclic amines) is 1. The number of carbonyl (C=O) groups is 1. The Balaban J connectivity index is 1.85. The van der Waals surface area contributed by atoms with Crippen molar-refractivity contribution in [1.82, 2.24) is 14.9 Å².